The van der Waals surface area contributed by atoms with Crippen molar-refractivity contribution < 1.29 is 4.52 Å². The maximum absolute atomic E-state index is 5.53. The van der Waals surface area contributed by atoms with Crippen LogP contribution in [0.5, 0.6) is 0 Å². The summed E-state index contributed by atoms with van der Waals surface area (Å²) in [6.07, 6.45) is 5.73. The fourth-order valence-electron chi connectivity index (χ4n) is 4.32. The minimum atomic E-state index is 0.346. The molecule has 1 saturated heterocycles. The topological polar surface area (TPSA) is 80.0 Å². The number of hydrogen-bond acceptors (Lipinski definition) is 7. The molecule has 7 heteroatoms. The van der Waals surface area contributed by atoms with Crippen molar-refractivity contribution in [2.75, 3.05) is 18.4 Å². The Morgan fingerprint density at radius 2 is 1.82 bits per heavy atom. The van der Waals surface area contributed by atoms with Crippen molar-refractivity contribution in [2.45, 2.75) is 39.3 Å². The largest absolute Gasteiger partial charge is 0.356 e. The van der Waals surface area contributed by atoms with E-state index in [4.69, 9.17) is 9.51 Å². The van der Waals surface area contributed by atoms with Crippen molar-refractivity contribution >= 4 is 5.95 Å². The van der Waals surface area contributed by atoms with Gasteiger partial charge in [0.25, 0.3) is 0 Å². The van der Waals surface area contributed by atoms with Crippen molar-refractivity contribution in [1.29, 1.82) is 0 Å². The van der Waals surface area contributed by atoms with Crippen molar-refractivity contribution in [3.63, 3.8) is 0 Å². The smallest absolute Gasteiger partial charge is 0.223 e. The number of rotatable bonds is 6. The summed E-state index contributed by atoms with van der Waals surface area (Å²) in [4.78, 5) is 16.5. The molecule has 7 nitrogen and oxygen atoms in total. The van der Waals surface area contributed by atoms with Crippen LogP contribution in [-0.2, 0) is 6.54 Å². The van der Waals surface area contributed by atoms with E-state index < -0.39 is 0 Å². The second-order valence-electron chi connectivity index (χ2n) is 8.61. The van der Waals surface area contributed by atoms with Gasteiger partial charge in [0.15, 0.2) is 5.76 Å². The zero-order valence-corrected chi connectivity index (χ0v) is 19.0. The molecule has 1 N–H and O–H groups in total. The van der Waals surface area contributed by atoms with Crippen LogP contribution in [0.25, 0.3) is 22.6 Å². The van der Waals surface area contributed by atoms with E-state index in [1.54, 1.807) is 6.20 Å². The van der Waals surface area contributed by atoms with Gasteiger partial charge in [0.2, 0.25) is 5.95 Å². The number of hydrogen-bond donors (Lipinski definition) is 1. The number of likely N-dealkylation sites (tertiary alicyclic amines) is 1. The molecule has 0 radical (unpaired) electrons. The lowest BCUT2D eigenvalue weighted by molar-refractivity contribution is 0.211. The number of nitrogens with zero attached hydrogens (tertiary/aromatic N) is 5. The third-order valence-electron chi connectivity index (χ3n) is 6.11. The molecule has 0 spiro atoms. The first-order chi connectivity index (χ1) is 16.2. The molecule has 0 atom stereocenters. The van der Waals surface area contributed by atoms with Crippen molar-refractivity contribution in [3.8, 4) is 22.6 Å². The van der Waals surface area contributed by atoms with E-state index in [-0.39, 0.29) is 0 Å². The number of pyridine rings is 1. The van der Waals surface area contributed by atoms with Gasteiger partial charge in [-0.2, -0.15) is 0 Å². The Hall–Kier alpha value is -3.58. The molecule has 1 aliphatic rings. The molecule has 4 heterocycles. The van der Waals surface area contributed by atoms with Crippen LogP contribution in [0.2, 0.25) is 0 Å². The Morgan fingerprint density at radius 3 is 2.55 bits per heavy atom. The van der Waals surface area contributed by atoms with Gasteiger partial charge in [0.1, 0.15) is 0 Å². The second-order valence-corrected chi connectivity index (χ2v) is 8.61. The SMILES string of the molecule is Cc1cc(-c2cnc(NC3CCN(Cc4ccccc4)CC3)nc2-c2cccnc2C)on1. The van der Waals surface area contributed by atoms with Gasteiger partial charge >= 0.3 is 0 Å². The fourth-order valence-corrected chi connectivity index (χ4v) is 4.32. The summed E-state index contributed by atoms with van der Waals surface area (Å²) in [5.74, 6) is 1.29. The van der Waals surface area contributed by atoms with Crippen LogP contribution in [0.15, 0.2) is 65.4 Å². The third kappa shape index (κ3) is 4.93. The van der Waals surface area contributed by atoms with Crippen molar-refractivity contribution in [1.82, 2.24) is 25.0 Å². The number of piperidine rings is 1. The van der Waals surface area contributed by atoms with Gasteiger partial charge < -0.3 is 9.84 Å². The van der Waals surface area contributed by atoms with E-state index in [9.17, 15) is 0 Å². The molecule has 168 valence electrons. The van der Waals surface area contributed by atoms with Gasteiger partial charge in [0, 0.05) is 55.4 Å². The molecule has 1 fully saturated rings. The normalized spacial score (nSPS) is 15.0. The number of nitrogens with one attached hydrogen (secondary N) is 1. The molecule has 0 saturated carbocycles. The molecule has 0 unspecified atom stereocenters. The molecule has 5 rings (SSSR count). The van der Waals surface area contributed by atoms with E-state index in [1.165, 1.54) is 5.56 Å². The minimum absolute atomic E-state index is 0.346. The Labute approximate surface area is 193 Å². The first kappa shape index (κ1) is 21.3. The Balaban J connectivity index is 1.33. The Bertz CT molecular complexity index is 1210. The molecular weight excluding hydrogens is 412 g/mol. The van der Waals surface area contributed by atoms with E-state index >= 15 is 0 Å². The van der Waals surface area contributed by atoms with Crippen LogP contribution in [0.4, 0.5) is 5.95 Å². The minimum Gasteiger partial charge on any atom is -0.356 e. The van der Waals surface area contributed by atoms with Crippen LogP contribution in [0, 0.1) is 13.8 Å². The second kappa shape index (κ2) is 9.50. The molecule has 0 aliphatic carbocycles. The molecule has 4 aromatic rings. The van der Waals surface area contributed by atoms with Crippen LogP contribution >= 0.6 is 0 Å². The first-order valence-electron chi connectivity index (χ1n) is 11.4. The lowest BCUT2D eigenvalue weighted by Gasteiger charge is -2.32. The van der Waals surface area contributed by atoms with E-state index in [0.29, 0.717) is 17.8 Å². The molecular formula is C26H28N6O. The lowest BCUT2D eigenvalue weighted by Crippen LogP contribution is -2.39. The van der Waals surface area contributed by atoms with E-state index in [2.05, 4.69) is 55.7 Å². The number of aromatic nitrogens is 4. The average molecular weight is 441 g/mol. The van der Waals surface area contributed by atoms with E-state index in [1.807, 2.05) is 38.2 Å². The van der Waals surface area contributed by atoms with Gasteiger partial charge in [-0.25, -0.2) is 9.97 Å². The highest BCUT2D eigenvalue weighted by Gasteiger charge is 2.22. The molecule has 0 bridgehead atoms. The molecule has 33 heavy (non-hydrogen) atoms. The van der Waals surface area contributed by atoms with Crippen LogP contribution in [-0.4, -0.2) is 44.1 Å². The highest BCUT2D eigenvalue weighted by Crippen LogP contribution is 2.32. The summed E-state index contributed by atoms with van der Waals surface area (Å²) in [6.45, 7) is 7.00. The maximum Gasteiger partial charge on any atom is 0.223 e. The summed E-state index contributed by atoms with van der Waals surface area (Å²) in [5, 5.41) is 7.60. The molecule has 3 aromatic heterocycles. The standard InChI is InChI=1S/C26H28N6O/c1-18-15-24(33-31-18)23-16-28-26(30-25(23)22-9-6-12-27-19(22)2)29-21-10-13-32(14-11-21)17-20-7-4-3-5-8-20/h3-9,12,15-16,21H,10-11,13-14,17H2,1-2H3,(H,28,29,30). The zero-order valence-electron chi connectivity index (χ0n) is 19.0. The van der Waals surface area contributed by atoms with Crippen molar-refractivity contribution in [3.05, 3.63) is 77.9 Å². The summed E-state index contributed by atoms with van der Waals surface area (Å²) < 4.78 is 5.53. The quantitative estimate of drug-likeness (QED) is 0.457. The Kier molecular flexibility index (Phi) is 6.13. The van der Waals surface area contributed by atoms with Crippen LogP contribution in [0.1, 0.15) is 29.8 Å². The maximum atomic E-state index is 5.53. The van der Waals surface area contributed by atoms with Crippen molar-refractivity contribution in [2.24, 2.45) is 0 Å². The predicted octanol–water partition coefficient (Wildman–Crippen LogP) is 4.89. The number of benzene rings is 1. The van der Waals surface area contributed by atoms with Gasteiger partial charge in [-0.15, -0.1) is 0 Å². The highest BCUT2D eigenvalue weighted by molar-refractivity contribution is 5.79. The van der Waals surface area contributed by atoms with Crippen LogP contribution in [0.3, 0.4) is 0 Å². The monoisotopic (exact) mass is 440 g/mol. The summed E-state index contributed by atoms with van der Waals surface area (Å²) in [7, 11) is 0. The van der Waals surface area contributed by atoms with E-state index in [0.717, 1.165) is 60.7 Å². The van der Waals surface area contributed by atoms with Gasteiger partial charge in [-0.05, 0) is 44.4 Å². The fraction of sp³-hybridized carbons (Fsp3) is 0.308. The molecule has 0 amide bonds. The summed E-state index contributed by atoms with van der Waals surface area (Å²) in [5.41, 5.74) is 5.68. The predicted molar refractivity (Wildman–Crippen MR) is 129 cm³/mol. The Morgan fingerprint density at radius 1 is 1.00 bits per heavy atom. The molecule has 1 aliphatic heterocycles. The highest BCUT2D eigenvalue weighted by atomic mass is 16.5. The summed E-state index contributed by atoms with van der Waals surface area (Å²) in [6, 6.07) is 16.9. The van der Waals surface area contributed by atoms with Gasteiger partial charge in [0.05, 0.1) is 17.0 Å². The molecule has 1 aromatic carbocycles. The first-order valence-corrected chi connectivity index (χ1v) is 11.4. The number of aryl methyl sites for hydroxylation is 2. The number of anilines is 1. The average Bonchev–Trinajstić information content (AvgIpc) is 3.27. The van der Waals surface area contributed by atoms with Crippen LogP contribution < -0.4 is 5.32 Å². The zero-order chi connectivity index (χ0) is 22.6. The third-order valence-corrected chi connectivity index (χ3v) is 6.11. The van der Waals surface area contributed by atoms with Gasteiger partial charge in [-0.3, -0.25) is 9.88 Å². The lowest BCUT2D eigenvalue weighted by atomic mass is 10.0. The summed E-state index contributed by atoms with van der Waals surface area (Å²) >= 11 is 0. The van der Waals surface area contributed by atoms with Gasteiger partial charge in [-0.1, -0.05) is 35.5 Å².